The Morgan fingerprint density at radius 3 is 1.39 bits per heavy atom. The van der Waals surface area contributed by atoms with E-state index in [1.54, 1.807) is 0 Å². The fourth-order valence-corrected chi connectivity index (χ4v) is 13.1. The molecule has 0 unspecified atom stereocenters. The molecule has 240 valence electrons. The lowest BCUT2D eigenvalue weighted by molar-refractivity contribution is 0.669. The normalized spacial score (nSPS) is 11.9. The fraction of sp³-hybridized carbons (Fsp3) is 0. The zero-order chi connectivity index (χ0) is 33.8. The molecule has 0 radical (unpaired) electrons. The zero-order valence-electron chi connectivity index (χ0n) is 27.9. The molecule has 51 heavy (non-hydrogen) atoms. The van der Waals surface area contributed by atoms with E-state index >= 15 is 0 Å². The van der Waals surface area contributed by atoms with Crippen molar-refractivity contribution < 1.29 is 4.42 Å². The zero-order valence-corrected chi connectivity index (χ0v) is 28.9. The maximum atomic E-state index is 6.44. The Labute approximate surface area is 297 Å². The third-order valence-corrected chi connectivity index (χ3v) is 15.3. The lowest BCUT2D eigenvalue weighted by Gasteiger charge is -2.34. The number of nitrogens with zero attached hydrogens (tertiary/aromatic N) is 1. The minimum absolute atomic E-state index is 0.893. The van der Waals surface area contributed by atoms with Gasteiger partial charge in [-0.15, -0.1) is 0 Å². The van der Waals surface area contributed by atoms with E-state index in [0.29, 0.717) is 0 Å². The van der Waals surface area contributed by atoms with E-state index in [2.05, 4.69) is 205 Å². The van der Waals surface area contributed by atoms with Crippen LogP contribution in [0.2, 0.25) is 0 Å². The summed E-state index contributed by atoms with van der Waals surface area (Å²) in [5.41, 5.74) is 7.68. The van der Waals surface area contributed by atoms with Crippen molar-refractivity contribution in [3.63, 3.8) is 0 Å². The van der Waals surface area contributed by atoms with Gasteiger partial charge in [-0.2, -0.15) is 0 Å². The monoisotopic (exact) mass is 667 g/mol. The highest BCUT2D eigenvalue weighted by atomic mass is 28.3. The van der Waals surface area contributed by atoms with Gasteiger partial charge in [0.05, 0.1) is 11.0 Å². The number of fused-ring (bicyclic) bond motifs is 6. The average molecular weight is 668 g/mol. The molecule has 8 aromatic carbocycles. The van der Waals surface area contributed by atoms with Gasteiger partial charge in [-0.3, -0.25) is 0 Å². The Bertz CT molecular complexity index is 2700. The Kier molecular flexibility index (Phi) is 6.86. The molecule has 2 heterocycles. The van der Waals surface area contributed by atoms with Crippen LogP contribution in [0.15, 0.2) is 205 Å². The lowest BCUT2D eigenvalue weighted by Crippen LogP contribution is -2.74. The molecule has 10 aromatic rings. The van der Waals surface area contributed by atoms with Crippen LogP contribution < -0.4 is 20.7 Å². The van der Waals surface area contributed by atoms with Crippen molar-refractivity contribution in [2.75, 3.05) is 0 Å². The van der Waals surface area contributed by atoms with Crippen LogP contribution >= 0.6 is 0 Å². The van der Waals surface area contributed by atoms with Gasteiger partial charge in [-0.25, -0.2) is 0 Å². The van der Waals surface area contributed by atoms with E-state index in [0.717, 1.165) is 27.6 Å². The fourth-order valence-electron chi connectivity index (χ4n) is 8.28. The molecular weight excluding hydrogens is 635 g/mol. The van der Waals surface area contributed by atoms with Crippen LogP contribution in [0.4, 0.5) is 0 Å². The number of hydrogen-bond acceptors (Lipinski definition) is 1. The van der Waals surface area contributed by atoms with Crippen molar-refractivity contribution in [1.29, 1.82) is 0 Å². The van der Waals surface area contributed by atoms with Crippen LogP contribution in [0, 0.1) is 0 Å². The summed E-state index contributed by atoms with van der Waals surface area (Å²) in [6.45, 7) is 0. The standard InChI is InChI=1S/C48H33NOSi/c1-4-16-37(17-5-1)51(38-18-6-2-7-19-38,39-20-8-3-9-21-39)40-22-14-15-34(31-40)35-27-29-47-43(32-35)44-33-36(28-30-48(44)50-47)49-45-25-12-10-23-41(45)42-24-11-13-26-46(42)49/h1-33H. The summed E-state index contributed by atoms with van der Waals surface area (Å²) in [6, 6.07) is 73.1. The van der Waals surface area contributed by atoms with Crippen LogP contribution in [0.5, 0.6) is 0 Å². The smallest absolute Gasteiger partial charge is 0.179 e. The minimum Gasteiger partial charge on any atom is -0.456 e. The number of furan rings is 1. The van der Waals surface area contributed by atoms with Gasteiger partial charge in [0.1, 0.15) is 11.2 Å². The van der Waals surface area contributed by atoms with Crippen LogP contribution in [0.1, 0.15) is 0 Å². The number of rotatable bonds is 6. The van der Waals surface area contributed by atoms with Gasteiger partial charge in [-0.05, 0) is 74.3 Å². The van der Waals surface area contributed by atoms with E-state index in [-0.39, 0.29) is 0 Å². The Morgan fingerprint density at radius 2 is 0.804 bits per heavy atom. The predicted molar refractivity (Wildman–Crippen MR) is 217 cm³/mol. The molecule has 2 aromatic heterocycles. The van der Waals surface area contributed by atoms with E-state index in [4.69, 9.17) is 4.42 Å². The van der Waals surface area contributed by atoms with Crippen LogP contribution in [0.25, 0.3) is 60.6 Å². The largest absolute Gasteiger partial charge is 0.456 e. The van der Waals surface area contributed by atoms with Crippen molar-refractivity contribution in [2.24, 2.45) is 0 Å². The van der Waals surface area contributed by atoms with Gasteiger partial charge in [0.2, 0.25) is 0 Å². The molecular formula is C48H33NOSi. The van der Waals surface area contributed by atoms with Gasteiger partial charge < -0.3 is 8.98 Å². The van der Waals surface area contributed by atoms with Gasteiger partial charge in [0.15, 0.2) is 8.07 Å². The molecule has 0 aliphatic heterocycles. The highest BCUT2D eigenvalue weighted by Gasteiger charge is 2.41. The molecule has 0 atom stereocenters. The molecule has 0 N–H and O–H groups in total. The molecule has 2 nitrogen and oxygen atoms in total. The molecule has 0 aliphatic carbocycles. The third-order valence-electron chi connectivity index (χ3n) is 10.5. The minimum atomic E-state index is -2.65. The highest BCUT2D eigenvalue weighted by Crippen LogP contribution is 2.36. The third kappa shape index (κ3) is 4.63. The Balaban J connectivity index is 1.16. The summed E-state index contributed by atoms with van der Waals surface area (Å²) in [5.74, 6) is 0. The SMILES string of the molecule is c1ccc([Si](c2ccccc2)(c2ccccc2)c2cccc(-c3ccc4oc5ccc(-n6c7ccccc7c7ccccc76)cc5c4c3)c2)cc1. The van der Waals surface area contributed by atoms with Crippen molar-refractivity contribution in [3.8, 4) is 16.8 Å². The average Bonchev–Trinajstić information content (AvgIpc) is 3.74. The Hall–Kier alpha value is -6.42. The van der Waals surface area contributed by atoms with Crippen molar-refractivity contribution in [3.05, 3.63) is 200 Å². The number of aromatic nitrogens is 1. The topological polar surface area (TPSA) is 18.1 Å². The van der Waals surface area contributed by atoms with Gasteiger partial charge >= 0.3 is 0 Å². The van der Waals surface area contributed by atoms with E-state index in [1.807, 2.05) is 0 Å². The van der Waals surface area contributed by atoms with Crippen molar-refractivity contribution in [1.82, 2.24) is 4.57 Å². The number of para-hydroxylation sites is 2. The summed E-state index contributed by atoms with van der Waals surface area (Å²) in [5, 5.41) is 10.2. The molecule has 0 aliphatic rings. The molecule has 0 bridgehead atoms. The summed E-state index contributed by atoms with van der Waals surface area (Å²) < 4.78 is 8.81. The van der Waals surface area contributed by atoms with Crippen LogP contribution in [-0.4, -0.2) is 12.6 Å². The molecule has 0 amide bonds. The molecule has 10 rings (SSSR count). The van der Waals surface area contributed by atoms with Crippen molar-refractivity contribution in [2.45, 2.75) is 0 Å². The molecule has 0 saturated carbocycles. The van der Waals surface area contributed by atoms with Crippen LogP contribution in [-0.2, 0) is 0 Å². The summed E-state index contributed by atoms with van der Waals surface area (Å²) >= 11 is 0. The Morgan fingerprint density at radius 1 is 0.333 bits per heavy atom. The molecule has 0 saturated heterocycles. The maximum absolute atomic E-state index is 6.44. The van der Waals surface area contributed by atoms with E-state index in [9.17, 15) is 0 Å². The van der Waals surface area contributed by atoms with Gasteiger partial charge in [-0.1, -0.05) is 158 Å². The second-order valence-corrected chi connectivity index (χ2v) is 17.1. The molecule has 0 fully saturated rings. The predicted octanol–water partition coefficient (Wildman–Crippen LogP) is 9.73. The molecule has 0 spiro atoms. The maximum Gasteiger partial charge on any atom is 0.179 e. The highest BCUT2D eigenvalue weighted by molar-refractivity contribution is 7.19. The summed E-state index contributed by atoms with van der Waals surface area (Å²) in [6.07, 6.45) is 0. The summed E-state index contributed by atoms with van der Waals surface area (Å²) in [7, 11) is -2.65. The molecule has 3 heteroatoms. The quantitative estimate of drug-likeness (QED) is 0.128. The second kappa shape index (κ2) is 11.9. The van der Waals surface area contributed by atoms with Crippen molar-refractivity contribution >= 4 is 72.6 Å². The first-order valence-corrected chi connectivity index (χ1v) is 19.5. The first-order valence-electron chi connectivity index (χ1n) is 17.5. The number of benzene rings is 8. The number of hydrogen-bond donors (Lipinski definition) is 0. The van der Waals surface area contributed by atoms with Gasteiger partial charge in [0.25, 0.3) is 0 Å². The van der Waals surface area contributed by atoms with E-state index in [1.165, 1.54) is 53.7 Å². The van der Waals surface area contributed by atoms with E-state index < -0.39 is 8.07 Å². The first-order chi connectivity index (χ1) is 25.3. The lowest BCUT2D eigenvalue weighted by atomic mass is 10.0. The second-order valence-electron chi connectivity index (χ2n) is 13.3. The first kappa shape index (κ1) is 29.5. The summed E-state index contributed by atoms with van der Waals surface area (Å²) in [4.78, 5) is 0. The van der Waals surface area contributed by atoms with Crippen LogP contribution in [0.3, 0.4) is 0 Å². The van der Waals surface area contributed by atoms with Gasteiger partial charge in [0, 0.05) is 27.2 Å².